The zero-order valence-electron chi connectivity index (χ0n) is 20.4. The highest BCUT2D eigenvalue weighted by atomic mass is 16.7. The second kappa shape index (κ2) is 11.5. The molecule has 1 aliphatic carbocycles. The molecule has 1 atom stereocenters. The van der Waals surface area contributed by atoms with Crippen molar-refractivity contribution in [2.75, 3.05) is 45.9 Å². The Morgan fingerprint density at radius 1 is 0.971 bits per heavy atom. The van der Waals surface area contributed by atoms with Crippen molar-refractivity contribution in [3.8, 4) is 0 Å². The lowest BCUT2D eigenvalue weighted by molar-refractivity contribution is -0.185. The summed E-state index contributed by atoms with van der Waals surface area (Å²) in [6.07, 6.45) is 5.12. The minimum Gasteiger partial charge on any atom is -0.369 e. The van der Waals surface area contributed by atoms with Crippen molar-refractivity contribution in [3.05, 3.63) is 35.9 Å². The number of nitrogens with zero attached hydrogens (tertiary/aromatic N) is 1. The second-order valence-corrected chi connectivity index (χ2v) is 9.92. The van der Waals surface area contributed by atoms with Crippen molar-refractivity contribution in [1.29, 1.82) is 0 Å². The maximum Gasteiger partial charge on any atom is 0.235 e. The van der Waals surface area contributed by atoms with E-state index in [-0.39, 0.29) is 24.1 Å². The van der Waals surface area contributed by atoms with Gasteiger partial charge in [0.05, 0.1) is 19.1 Å². The number of hydrogen-bond acceptors (Lipinski definition) is 6. The number of carbonyl (C=O) groups excluding carboxylic acids is 3. The first-order valence-electron chi connectivity index (χ1n) is 12.9. The molecule has 1 aromatic rings. The van der Waals surface area contributed by atoms with Crippen molar-refractivity contribution in [2.45, 2.75) is 56.7 Å². The van der Waals surface area contributed by atoms with E-state index in [1.54, 1.807) is 0 Å². The molecule has 4 N–H and O–H groups in total. The standard InChI is InChI=1S/C26H38N4O5/c27-23(32)25(9-4-5-10-25)24(33)29-19-21(20-7-2-1-3-8-20)22(31)28-13-6-14-30-15-11-26(12-16-30)34-17-18-35-26/h1-3,7-8,21H,4-6,9-19H2,(H2,27,32)(H,28,31)(H,29,33). The molecule has 0 aromatic heterocycles. The van der Waals surface area contributed by atoms with E-state index in [2.05, 4.69) is 15.5 Å². The molecule has 3 fully saturated rings. The minimum atomic E-state index is -1.15. The summed E-state index contributed by atoms with van der Waals surface area (Å²) in [6.45, 7) is 4.78. The Bertz CT molecular complexity index is 871. The van der Waals surface area contributed by atoms with E-state index in [0.717, 1.165) is 57.3 Å². The number of amides is 3. The quantitative estimate of drug-likeness (QED) is 0.338. The molecule has 2 heterocycles. The normalized spacial score (nSPS) is 22.1. The smallest absolute Gasteiger partial charge is 0.235 e. The number of piperidine rings is 1. The minimum absolute atomic E-state index is 0.123. The van der Waals surface area contributed by atoms with E-state index < -0.39 is 17.2 Å². The second-order valence-electron chi connectivity index (χ2n) is 9.92. The fourth-order valence-corrected chi connectivity index (χ4v) is 5.52. The van der Waals surface area contributed by atoms with E-state index in [0.29, 0.717) is 32.6 Å². The van der Waals surface area contributed by atoms with Crippen LogP contribution >= 0.6 is 0 Å². The Morgan fingerprint density at radius 2 is 1.63 bits per heavy atom. The first-order valence-corrected chi connectivity index (χ1v) is 12.9. The first-order chi connectivity index (χ1) is 16.9. The van der Waals surface area contributed by atoms with Gasteiger partial charge in [-0.1, -0.05) is 43.2 Å². The molecule has 35 heavy (non-hydrogen) atoms. The number of carbonyl (C=O) groups is 3. The maximum absolute atomic E-state index is 13.1. The van der Waals surface area contributed by atoms with Crippen LogP contribution in [0.3, 0.4) is 0 Å². The van der Waals surface area contributed by atoms with Gasteiger partial charge in [-0.15, -0.1) is 0 Å². The van der Waals surface area contributed by atoms with Gasteiger partial charge in [-0.25, -0.2) is 0 Å². The third-order valence-electron chi connectivity index (χ3n) is 7.73. The van der Waals surface area contributed by atoms with Crippen LogP contribution in [0, 0.1) is 5.41 Å². The van der Waals surface area contributed by atoms with E-state index >= 15 is 0 Å². The Balaban J connectivity index is 1.26. The number of nitrogens with two attached hydrogens (primary N) is 1. The topological polar surface area (TPSA) is 123 Å². The van der Waals surface area contributed by atoms with Gasteiger partial charge in [0.15, 0.2) is 5.79 Å². The van der Waals surface area contributed by atoms with Gasteiger partial charge in [-0.2, -0.15) is 0 Å². The van der Waals surface area contributed by atoms with Gasteiger partial charge in [0, 0.05) is 39.0 Å². The molecule has 1 spiro atoms. The number of ether oxygens (including phenoxy) is 2. The summed E-state index contributed by atoms with van der Waals surface area (Å²) >= 11 is 0. The lowest BCUT2D eigenvalue weighted by Crippen LogP contribution is -2.49. The highest BCUT2D eigenvalue weighted by molar-refractivity contribution is 6.04. The van der Waals surface area contributed by atoms with Gasteiger partial charge in [0.1, 0.15) is 5.41 Å². The van der Waals surface area contributed by atoms with Crippen LogP contribution in [0.4, 0.5) is 0 Å². The predicted molar refractivity (Wildman–Crippen MR) is 130 cm³/mol. The van der Waals surface area contributed by atoms with Crippen molar-refractivity contribution in [1.82, 2.24) is 15.5 Å². The van der Waals surface area contributed by atoms with Gasteiger partial charge >= 0.3 is 0 Å². The van der Waals surface area contributed by atoms with Gasteiger partial charge in [0.25, 0.3) is 0 Å². The summed E-state index contributed by atoms with van der Waals surface area (Å²) in [6, 6.07) is 9.40. The van der Waals surface area contributed by atoms with E-state index in [1.807, 2.05) is 30.3 Å². The summed E-state index contributed by atoms with van der Waals surface area (Å²) in [5, 5.41) is 5.90. The maximum atomic E-state index is 13.1. The highest BCUT2D eigenvalue weighted by Crippen LogP contribution is 2.38. The fraction of sp³-hybridized carbons (Fsp3) is 0.654. The Labute approximate surface area is 207 Å². The molecule has 3 amide bonds. The molecule has 9 heteroatoms. The molecule has 4 rings (SSSR count). The van der Waals surface area contributed by atoms with E-state index in [4.69, 9.17) is 15.2 Å². The monoisotopic (exact) mass is 486 g/mol. The molecule has 9 nitrogen and oxygen atoms in total. The van der Waals surface area contributed by atoms with Gasteiger partial charge in [-0.3, -0.25) is 14.4 Å². The molecular formula is C26H38N4O5. The van der Waals surface area contributed by atoms with Crippen LogP contribution in [-0.2, 0) is 23.9 Å². The average Bonchev–Trinajstić information content (AvgIpc) is 3.55. The lowest BCUT2D eigenvalue weighted by atomic mass is 9.84. The first kappa shape index (κ1) is 25.6. The zero-order chi connectivity index (χ0) is 24.7. The number of rotatable bonds is 10. The highest BCUT2D eigenvalue weighted by Gasteiger charge is 2.46. The summed E-state index contributed by atoms with van der Waals surface area (Å²) in [4.78, 5) is 40.5. The van der Waals surface area contributed by atoms with Crippen molar-refractivity contribution in [3.63, 3.8) is 0 Å². The predicted octanol–water partition coefficient (Wildman–Crippen LogP) is 1.28. The van der Waals surface area contributed by atoms with Crippen molar-refractivity contribution < 1.29 is 23.9 Å². The Kier molecular flexibility index (Phi) is 8.41. The van der Waals surface area contributed by atoms with Crippen LogP contribution in [0.2, 0.25) is 0 Å². The van der Waals surface area contributed by atoms with Crippen LogP contribution in [0.25, 0.3) is 0 Å². The van der Waals surface area contributed by atoms with Crippen LogP contribution in [-0.4, -0.2) is 74.3 Å². The summed E-state index contributed by atoms with van der Waals surface area (Å²) in [5.74, 6) is -2.00. The van der Waals surface area contributed by atoms with Crippen LogP contribution in [0.1, 0.15) is 56.4 Å². The molecule has 2 saturated heterocycles. The molecule has 0 bridgehead atoms. The lowest BCUT2D eigenvalue weighted by Gasteiger charge is -2.37. The van der Waals surface area contributed by atoms with Crippen LogP contribution in [0.5, 0.6) is 0 Å². The van der Waals surface area contributed by atoms with Gasteiger partial charge in [0.2, 0.25) is 17.7 Å². The summed E-state index contributed by atoms with van der Waals surface area (Å²) in [5.41, 5.74) is 5.26. The summed E-state index contributed by atoms with van der Waals surface area (Å²) < 4.78 is 11.6. The molecule has 3 aliphatic rings. The number of benzene rings is 1. The molecule has 2 aliphatic heterocycles. The number of primary amides is 1. The number of likely N-dealkylation sites (tertiary alicyclic amines) is 1. The fourth-order valence-electron chi connectivity index (χ4n) is 5.52. The molecular weight excluding hydrogens is 448 g/mol. The Morgan fingerprint density at radius 3 is 2.26 bits per heavy atom. The zero-order valence-corrected chi connectivity index (χ0v) is 20.4. The molecule has 192 valence electrons. The Hall–Kier alpha value is -2.49. The average molecular weight is 487 g/mol. The van der Waals surface area contributed by atoms with E-state index in [9.17, 15) is 14.4 Å². The van der Waals surface area contributed by atoms with Crippen LogP contribution < -0.4 is 16.4 Å². The van der Waals surface area contributed by atoms with E-state index in [1.165, 1.54) is 0 Å². The van der Waals surface area contributed by atoms with Gasteiger partial charge in [-0.05, 0) is 31.4 Å². The molecule has 1 saturated carbocycles. The van der Waals surface area contributed by atoms with Crippen molar-refractivity contribution in [2.24, 2.45) is 11.1 Å². The molecule has 0 radical (unpaired) electrons. The third kappa shape index (κ3) is 6.02. The summed E-state index contributed by atoms with van der Waals surface area (Å²) in [7, 11) is 0. The van der Waals surface area contributed by atoms with Crippen LogP contribution in [0.15, 0.2) is 30.3 Å². The molecule has 1 aromatic carbocycles. The largest absolute Gasteiger partial charge is 0.369 e. The third-order valence-corrected chi connectivity index (χ3v) is 7.73. The van der Waals surface area contributed by atoms with Crippen molar-refractivity contribution >= 4 is 17.7 Å². The number of nitrogens with one attached hydrogen (secondary N) is 2. The number of hydrogen-bond donors (Lipinski definition) is 3. The SMILES string of the molecule is NC(=O)C1(C(=O)NCC(C(=O)NCCCN2CCC3(CC2)OCCO3)c2ccccc2)CCCC1. The van der Waals surface area contributed by atoms with Gasteiger partial charge < -0.3 is 30.7 Å². The molecule has 1 unspecified atom stereocenters.